The Morgan fingerprint density at radius 1 is 0.882 bits per heavy atom. The number of aliphatic hydroxyl groups is 1. The first-order valence-electron chi connectivity index (χ1n) is 11.1. The number of anilines is 1. The number of carbonyl (C=O) groups excluding carboxylic acids is 2. The van der Waals surface area contributed by atoms with Crippen LogP contribution in [0.15, 0.2) is 76.9 Å². The molecule has 2 aromatic carbocycles. The van der Waals surface area contributed by atoms with Crippen LogP contribution in [0.2, 0.25) is 0 Å². The molecule has 7 heteroatoms. The molecule has 1 aromatic heterocycles. The summed E-state index contributed by atoms with van der Waals surface area (Å²) in [5.41, 5.74) is 0.839. The number of ether oxygens (including phenoxy) is 2. The van der Waals surface area contributed by atoms with E-state index in [9.17, 15) is 14.7 Å². The van der Waals surface area contributed by atoms with E-state index in [1.807, 2.05) is 27.7 Å². The van der Waals surface area contributed by atoms with Crippen LogP contribution in [-0.2, 0) is 9.59 Å². The minimum absolute atomic E-state index is 0.000484. The van der Waals surface area contributed by atoms with Gasteiger partial charge in [-0.3, -0.25) is 14.5 Å². The quantitative estimate of drug-likeness (QED) is 0.285. The zero-order chi connectivity index (χ0) is 24.4. The lowest BCUT2D eigenvalue weighted by atomic mass is 9.99. The predicted octanol–water partition coefficient (Wildman–Crippen LogP) is 5.48. The molecule has 1 saturated heterocycles. The first kappa shape index (κ1) is 23.2. The number of Topliss-reactive ketones (excluding diaryl/α,β-unsaturated/α-hetero) is 1. The van der Waals surface area contributed by atoms with Crippen LogP contribution in [0.3, 0.4) is 0 Å². The van der Waals surface area contributed by atoms with Crippen molar-refractivity contribution in [3.63, 3.8) is 0 Å². The van der Waals surface area contributed by atoms with Crippen LogP contribution in [0, 0.1) is 0 Å². The van der Waals surface area contributed by atoms with Gasteiger partial charge < -0.3 is 19.0 Å². The number of benzene rings is 2. The minimum atomic E-state index is -0.918. The third-order valence-electron chi connectivity index (χ3n) is 5.24. The van der Waals surface area contributed by atoms with Crippen molar-refractivity contribution in [2.24, 2.45) is 0 Å². The Morgan fingerprint density at radius 2 is 1.44 bits per heavy atom. The van der Waals surface area contributed by atoms with Gasteiger partial charge in [0.25, 0.3) is 11.7 Å². The van der Waals surface area contributed by atoms with Crippen LogP contribution >= 0.6 is 0 Å². The summed E-state index contributed by atoms with van der Waals surface area (Å²) in [4.78, 5) is 27.6. The van der Waals surface area contributed by atoms with Gasteiger partial charge >= 0.3 is 0 Å². The maximum atomic E-state index is 13.1. The average molecular weight is 462 g/mol. The zero-order valence-electron chi connectivity index (χ0n) is 19.5. The molecular formula is C27H27NO6. The zero-order valence-corrected chi connectivity index (χ0v) is 19.5. The second kappa shape index (κ2) is 9.47. The van der Waals surface area contributed by atoms with E-state index in [-0.39, 0.29) is 23.5 Å². The van der Waals surface area contributed by atoms with Crippen molar-refractivity contribution < 1.29 is 28.6 Å². The van der Waals surface area contributed by atoms with Gasteiger partial charge in [0.05, 0.1) is 24.0 Å². The van der Waals surface area contributed by atoms with Crippen molar-refractivity contribution in [1.82, 2.24) is 0 Å². The fourth-order valence-electron chi connectivity index (χ4n) is 3.89. The highest BCUT2D eigenvalue weighted by Gasteiger charge is 2.48. The lowest BCUT2D eigenvalue weighted by Crippen LogP contribution is -2.29. The van der Waals surface area contributed by atoms with Crippen LogP contribution in [0.1, 0.15) is 45.1 Å². The highest BCUT2D eigenvalue weighted by atomic mass is 16.5. The Bertz CT molecular complexity index is 1190. The molecule has 0 saturated carbocycles. The third-order valence-corrected chi connectivity index (χ3v) is 5.24. The number of carbonyl (C=O) groups is 2. The fourth-order valence-corrected chi connectivity index (χ4v) is 3.89. The third kappa shape index (κ3) is 4.55. The number of hydrogen-bond acceptors (Lipinski definition) is 6. The molecule has 0 aliphatic carbocycles. The molecule has 1 fully saturated rings. The molecule has 176 valence electrons. The van der Waals surface area contributed by atoms with Gasteiger partial charge in [0.15, 0.2) is 0 Å². The van der Waals surface area contributed by atoms with Gasteiger partial charge in [0, 0.05) is 11.3 Å². The van der Waals surface area contributed by atoms with Crippen LogP contribution in [0.5, 0.6) is 11.5 Å². The van der Waals surface area contributed by atoms with Crippen molar-refractivity contribution in [3.8, 4) is 11.5 Å². The topological polar surface area (TPSA) is 89.2 Å². The SMILES string of the molecule is CC(C)Oc1ccc(/C(O)=C2/C(=O)C(=O)N(c3ccc(OC(C)C)cc3)C2c2ccco2)cc1. The maximum absolute atomic E-state index is 13.1. The first-order valence-corrected chi connectivity index (χ1v) is 11.1. The van der Waals surface area contributed by atoms with Crippen molar-refractivity contribution in [1.29, 1.82) is 0 Å². The summed E-state index contributed by atoms with van der Waals surface area (Å²) in [5.74, 6) is -0.169. The van der Waals surface area contributed by atoms with E-state index in [2.05, 4.69) is 0 Å². The maximum Gasteiger partial charge on any atom is 0.300 e. The number of aliphatic hydroxyl groups excluding tert-OH is 1. The molecule has 4 rings (SSSR count). The number of ketones is 1. The first-order chi connectivity index (χ1) is 16.3. The standard InChI is InChI=1S/C27H27NO6/c1-16(2)33-20-11-7-18(8-12-20)25(29)23-24(22-6-5-15-32-22)28(27(31)26(23)30)19-9-13-21(14-10-19)34-17(3)4/h5-17,24,29H,1-4H3/b25-23-. The fraction of sp³-hybridized carbons (Fsp3) is 0.259. The van der Waals surface area contributed by atoms with Crippen LogP contribution in [0.4, 0.5) is 5.69 Å². The normalized spacial score (nSPS) is 17.6. The van der Waals surface area contributed by atoms with Crippen molar-refractivity contribution in [3.05, 3.63) is 83.8 Å². The van der Waals surface area contributed by atoms with Crippen LogP contribution in [0.25, 0.3) is 5.76 Å². The van der Waals surface area contributed by atoms with Gasteiger partial charge in [-0.25, -0.2) is 0 Å². The minimum Gasteiger partial charge on any atom is -0.507 e. The second-order valence-corrected chi connectivity index (χ2v) is 8.54. The summed E-state index contributed by atoms with van der Waals surface area (Å²) >= 11 is 0. The van der Waals surface area contributed by atoms with E-state index in [1.165, 1.54) is 11.2 Å². The molecule has 1 aliphatic heterocycles. The molecule has 0 spiro atoms. The molecule has 1 N–H and O–H groups in total. The van der Waals surface area contributed by atoms with Gasteiger partial charge in [-0.15, -0.1) is 0 Å². The van der Waals surface area contributed by atoms with Crippen molar-refractivity contribution >= 4 is 23.1 Å². The highest BCUT2D eigenvalue weighted by molar-refractivity contribution is 6.51. The molecule has 1 aliphatic rings. The number of furan rings is 1. The van der Waals surface area contributed by atoms with Crippen LogP contribution < -0.4 is 14.4 Å². The number of amides is 1. The van der Waals surface area contributed by atoms with E-state index in [0.29, 0.717) is 28.5 Å². The lowest BCUT2D eigenvalue weighted by molar-refractivity contribution is -0.132. The molecule has 34 heavy (non-hydrogen) atoms. The van der Waals surface area contributed by atoms with E-state index in [1.54, 1.807) is 60.7 Å². The van der Waals surface area contributed by atoms with Gasteiger partial charge in [-0.05, 0) is 88.4 Å². The largest absolute Gasteiger partial charge is 0.507 e. The van der Waals surface area contributed by atoms with E-state index in [0.717, 1.165) is 0 Å². The van der Waals surface area contributed by atoms with E-state index >= 15 is 0 Å². The smallest absolute Gasteiger partial charge is 0.300 e. The molecular weight excluding hydrogens is 434 g/mol. The molecule has 1 atom stereocenters. The van der Waals surface area contributed by atoms with Crippen LogP contribution in [-0.4, -0.2) is 29.0 Å². The average Bonchev–Trinajstić information content (AvgIpc) is 3.41. The summed E-state index contributed by atoms with van der Waals surface area (Å²) in [6, 6.07) is 16.0. The Morgan fingerprint density at radius 3 is 1.94 bits per heavy atom. The summed E-state index contributed by atoms with van der Waals surface area (Å²) in [6.45, 7) is 7.68. The van der Waals surface area contributed by atoms with E-state index in [4.69, 9.17) is 13.9 Å². The molecule has 1 amide bonds. The molecule has 3 aromatic rings. The van der Waals surface area contributed by atoms with Gasteiger partial charge in [0.2, 0.25) is 0 Å². The molecule has 0 radical (unpaired) electrons. The van der Waals surface area contributed by atoms with Crippen molar-refractivity contribution in [2.45, 2.75) is 45.9 Å². The van der Waals surface area contributed by atoms with Gasteiger partial charge in [0.1, 0.15) is 29.1 Å². The Kier molecular flexibility index (Phi) is 6.45. The lowest BCUT2D eigenvalue weighted by Gasteiger charge is -2.23. The predicted molar refractivity (Wildman–Crippen MR) is 128 cm³/mol. The second-order valence-electron chi connectivity index (χ2n) is 8.54. The molecule has 2 heterocycles. The molecule has 0 bridgehead atoms. The molecule has 7 nitrogen and oxygen atoms in total. The summed E-state index contributed by atoms with van der Waals surface area (Å²) in [7, 11) is 0. The summed E-state index contributed by atoms with van der Waals surface area (Å²) < 4.78 is 16.9. The Labute approximate surface area is 198 Å². The monoisotopic (exact) mass is 461 g/mol. The number of rotatable bonds is 7. The van der Waals surface area contributed by atoms with Crippen molar-refractivity contribution in [2.75, 3.05) is 4.90 Å². The van der Waals surface area contributed by atoms with Gasteiger partial charge in [-0.2, -0.15) is 0 Å². The Balaban J connectivity index is 1.77. The van der Waals surface area contributed by atoms with Gasteiger partial charge in [-0.1, -0.05) is 0 Å². The Hall–Kier alpha value is -4.00. The number of nitrogens with zero attached hydrogens (tertiary/aromatic N) is 1. The summed E-state index contributed by atoms with van der Waals surface area (Å²) in [5, 5.41) is 11.1. The van der Waals surface area contributed by atoms with E-state index < -0.39 is 17.7 Å². The molecule has 1 unspecified atom stereocenters. The summed E-state index contributed by atoms with van der Waals surface area (Å²) in [6.07, 6.45) is 1.47. The number of hydrogen-bond donors (Lipinski definition) is 1. The highest BCUT2D eigenvalue weighted by Crippen LogP contribution is 2.42.